The van der Waals surface area contributed by atoms with E-state index in [-0.39, 0.29) is 0 Å². The van der Waals surface area contributed by atoms with Crippen LogP contribution in [-0.4, -0.2) is 19.3 Å². The average Bonchev–Trinajstić information content (AvgIpc) is 2.44. The van der Waals surface area contributed by atoms with E-state index in [1.54, 1.807) is 0 Å². The Morgan fingerprint density at radius 3 is 3.29 bits per heavy atom. The molecule has 2 aliphatic rings. The first kappa shape index (κ1) is 8.04. The van der Waals surface area contributed by atoms with Gasteiger partial charge in [-0.05, 0) is 36.0 Å². The maximum atomic E-state index is 4.43. The summed E-state index contributed by atoms with van der Waals surface area (Å²) in [5.74, 6) is 0.727. The molecule has 72 valence electrons. The van der Waals surface area contributed by atoms with Gasteiger partial charge in [0.25, 0.3) is 0 Å². The van der Waals surface area contributed by atoms with Gasteiger partial charge in [0.05, 0.1) is 0 Å². The summed E-state index contributed by atoms with van der Waals surface area (Å²) in [6, 6.07) is 6.47. The molecule has 1 unspecified atom stereocenters. The predicted molar refractivity (Wildman–Crippen MR) is 59.4 cm³/mol. The molecule has 0 aromatic heterocycles. The second kappa shape index (κ2) is 3.12. The van der Waals surface area contributed by atoms with E-state index >= 15 is 0 Å². The second-order valence-electron chi connectivity index (χ2n) is 4.04. The number of benzene rings is 1. The lowest BCUT2D eigenvalue weighted by Gasteiger charge is -2.26. The highest BCUT2D eigenvalue weighted by Crippen LogP contribution is 2.36. The molecule has 0 amide bonds. The van der Waals surface area contributed by atoms with Crippen LogP contribution in [0.25, 0.3) is 0 Å². The van der Waals surface area contributed by atoms with Crippen LogP contribution in [0, 0.1) is 0 Å². The van der Waals surface area contributed by atoms with Crippen molar-refractivity contribution in [1.29, 1.82) is 0 Å². The highest BCUT2D eigenvalue weighted by molar-refractivity contribution is 5.85. The second-order valence-corrected chi connectivity index (χ2v) is 4.04. The van der Waals surface area contributed by atoms with E-state index in [9.17, 15) is 0 Å². The molecule has 1 N–H and O–H groups in total. The van der Waals surface area contributed by atoms with Gasteiger partial charge >= 0.3 is 0 Å². The summed E-state index contributed by atoms with van der Waals surface area (Å²) in [7, 11) is 0. The Balaban J connectivity index is 2.20. The predicted octanol–water partition coefficient (Wildman–Crippen LogP) is 2.41. The number of anilines is 1. The van der Waals surface area contributed by atoms with E-state index < -0.39 is 0 Å². The molecule has 1 aromatic carbocycles. The van der Waals surface area contributed by atoms with Crippen LogP contribution >= 0.6 is 0 Å². The Bertz CT molecular complexity index is 382. The van der Waals surface area contributed by atoms with Crippen molar-refractivity contribution < 1.29 is 0 Å². The molecular formula is C12H14N2. The fourth-order valence-electron chi connectivity index (χ4n) is 2.51. The largest absolute Gasteiger partial charge is 0.385 e. The smallest absolute Gasteiger partial charge is 0.0395 e. The van der Waals surface area contributed by atoms with Gasteiger partial charge in [-0.2, -0.15) is 0 Å². The molecule has 2 heteroatoms. The highest BCUT2D eigenvalue weighted by Gasteiger charge is 2.23. The van der Waals surface area contributed by atoms with Crippen molar-refractivity contribution >= 4 is 11.9 Å². The Morgan fingerprint density at radius 1 is 1.29 bits per heavy atom. The maximum Gasteiger partial charge on any atom is 0.0395 e. The van der Waals surface area contributed by atoms with E-state index in [1.165, 1.54) is 29.7 Å². The summed E-state index contributed by atoms with van der Waals surface area (Å²) in [4.78, 5) is 4.43. The zero-order valence-electron chi connectivity index (χ0n) is 8.16. The summed E-state index contributed by atoms with van der Waals surface area (Å²) >= 11 is 0. The van der Waals surface area contributed by atoms with Crippen LogP contribution in [0.3, 0.4) is 0 Å². The molecule has 0 saturated carbocycles. The molecule has 0 fully saturated rings. The lowest BCUT2D eigenvalue weighted by atomic mass is 9.86. The van der Waals surface area contributed by atoms with Gasteiger partial charge in [0.2, 0.25) is 0 Å². The molecule has 3 rings (SSSR count). The molecule has 1 aromatic rings. The lowest BCUT2D eigenvalue weighted by molar-refractivity contribution is 0.591. The van der Waals surface area contributed by atoms with Gasteiger partial charge in [-0.3, -0.25) is 4.99 Å². The number of aliphatic imine (C=N–C) groups is 1. The molecule has 0 saturated heterocycles. The summed E-state index contributed by atoms with van der Waals surface area (Å²) < 4.78 is 0. The molecule has 2 heterocycles. The molecule has 0 spiro atoms. The lowest BCUT2D eigenvalue weighted by Crippen LogP contribution is -2.18. The van der Waals surface area contributed by atoms with Gasteiger partial charge in [-0.15, -0.1) is 0 Å². The number of nitrogens with one attached hydrogen (secondary N) is 1. The van der Waals surface area contributed by atoms with E-state index in [0.717, 1.165) is 19.0 Å². The molecule has 0 aliphatic carbocycles. The fourth-order valence-corrected chi connectivity index (χ4v) is 2.51. The van der Waals surface area contributed by atoms with Crippen molar-refractivity contribution in [2.24, 2.45) is 4.99 Å². The van der Waals surface area contributed by atoms with Crippen LogP contribution in [0.15, 0.2) is 23.2 Å². The Hall–Kier alpha value is -1.31. The van der Waals surface area contributed by atoms with Crippen LogP contribution in [0.5, 0.6) is 0 Å². The maximum absolute atomic E-state index is 4.43. The van der Waals surface area contributed by atoms with Gasteiger partial charge in [-0.1, -0.05) is 12.1 Å². The van der Waals surface area contributed by atoms with Crippen LogP contribution in [0.2, 0.25) is 0 Å². The number of hydrogen-bond donors (Lipinski definition) is 1. The molecule has 0 radical (unpaired) electrons. The third kappa shape index (κ3) is 1.14. The van der Waals surface area contributed by atoms with Crippen LogP contribution < -0.4 is 5.32 Å². The normalized spacial score (nSPS) is 23.6. The van der Waals surface area contributed by atoms with Crippen LogP contribution in [0.4, 0.5) is 5.69 Å². The third-order valence-corrected chi connectivity index (χ3v) is 3.19. The summed E-state index contributed by atoms with van der Waals surface area (Å²) in [6.45, 7) is 2.10. The van der Waals surface area contributed by atoms with Crippen molar-refractivity contribution in [2.45, 2.75) is 18.8 Å². The Morgan fingerprint density at radius 2 is 2.29 bits per heavy atom. The van der Waals surface area contributed by atoms with Crippen molar-refractivity contribution in [1.82, 2.24) is 0 Å². The van der Waals surface area contributed by atoms with Crippen molar-refractivity contribution in [3.05, 3.63) is 29.3 Å². The molecule has 2 nitrogen and oxygen atoms in total. The quantitative estimate of drug-likeness (QED) is 0.661. The van der Waals surface area contributed by atoms with Gasteiger partial charge in [-0.25, -0.2) is 0 Å². The van der Waals surface area contributed by atoms with E-state index in [1.807, 2.05) is 6.21 Å². The van der Waals surface area contributed by atoms with Gasteiger partial charge < -0.3 is 5.32 Å². The van der Waals surface area contributed by atoms with E-state index in [2.05, 4.69) is 28.5 Å². The third-order valence-electron chi connectivity index (χ3n) is 3.19. The van der Waals surface area contributed by atoms with E-state index in [0.29, 0.717) is 0 Å². The zero-order valence-corrected chi connectivity index (χ0v) is 8.16. The first-order chi connectivity index (χ1) is 6.95. The van der Waals surface area contributed by atoms with Gasteiger partial charge in [0.15, 0.2) is 0 Å². The summed E-state index contributed by atoms with van der Waals surface area (Å²) in [5.41, 5.74) is 4.14. The number of rotatable bonds is 0. The Labute approximate surface area is 84.1 Å². The zero-order chi connectivity index (χ0) is 9.38. The first-order valence-corrected chi connectivity index (χ1v) is 5.32. The fraction of sp³-hybridized carbons (Fsp3) is 0.417. The van der Waals surface area contributed by atoms with Crippen molar-refractivity contribution in [3.63, 3.8) is 0 Å². The number of hydrogen-bond acceptors (Lipinski definition) is 2. The van der Waals surface area contributed by atoms with Crippen molar-refractivity contribution in [3.8, 4) is 0 Å². The molecule has 0 bridgehead atoms. The topological polar surface area (TPSA) is 24.4 Å². The first-order valence-electron chi connectivity index (χ1n) is 5.32. The van der Waals surface area contributed by atoms with Gasteiger partial charge in [0, 0.05) is 25.0 Å². The standard InChI is InChI=1S/C12H14N2/c1-2-10-8-13-6-4-9-5-7-14-11(3-1)12(9)10/h1-3,8-9,14H,4-7H2. The van der Waals surface area contributed by atoms with Crippen molar-refractivity contribution in [2.75, 3.05) is 18.4 Å². The molecule has 1 atom stereocenters. The molecule has 2 aliphatic heterocycles. The summed E-state index contributed by atoms with van der Waals surface area (Å²) in [5, 5.41) is 3.47. The van der Waals surface area contributed by atoms with E-state index in [4.69, 9.17) is 0 Å². The molecule has 14 heavy (non-hydrogen) atoms. The number of nitrogens with zero attached hydrogens (tertiary/aromatic N) is 1. The minimum Gasteiger partial charge on any atom is -0.385 e. The minimum atomic E-state index is 0.727. The highest BCUT2D eigenvalue weighted by atomic mass is 14.9. The minimum absolute atomic E-state index is 0.727. The van der Waals surface area contributed by atoms with Crippen LogP contribution in [-0.2, 0) is 0 Å². The summed E-state index contributed by atoms with van der Waals surface area (Å²) in [6.07, 6.45) is 4.50. The Kier molecular flexibility index (Phi) is 1.79. The monoisotopic (exact) mass is 186 g/mol. The molecular weight excluding hydrogens is 172 g/mol. The van der Waals surface area contributed by atoms with Crippen LogP contribution in [0.1, 0.15) is 29.9 Å². The SMILES string of the molecule is C1=NCCC2CCNc3cccc1c32. The van der Waals surface area contributed by atoms with Gasteiger partial charge in [0.1, 0.15) is 0 Å². The average molecular weight is 186 g/mol.